The summed E-state index contributed by atoms with van der Waals surface area (Å²) >= 11 is 0. The lowest BCUT2D eigenvalue weighted by Gasteiger charge is -2.33. The van der Waals surface area contributed by atoms with E-state index < -0.39 is 17.7 Å². The molecule has 8 nitrogen and oxygen atoms in total. The van der Waals surface area contributed by atoms with Gasteiger partial charge in [0.1, 0.15) is 11.6 Å². The van der Waals surface area contributed by atoms with Crippen LogP contribution < -0.4 is 5.32 Å². The van der Waals surface area contributed by atoms with E-state index in [0.717, 1.165) is 6.42 Å². The van der Waals surface area contributed by atoms with E-state index in [1.165, 1.54) is 4.90 Å². The van der Waals surface area contributed by atoms with Gasteiger partial charge in [0.15, 0.2) is 0 Å². The van der Waals surface area contributed by atoms with E-state index in [2.05, 4.69) is 5.32 Å². The van der Waals surface area contributed by atoms with Gasteiger partial charge in [0.2, 0.25) is 5.91 Å². The Balaban J connectivity index is 1.84. The number of piperidine rings is 1. The lowest BCUT2D eigenvalue weighted by Crippen LogP contribution is -2.52. The smallest absolute Gasteiger partial charge is 0.410 e. The van der Waals surface area contributed by atoms with Gasteiger partial charge in [0, 0.05) is 25.7 Å². The second-order valence-electron chi connectivity index (χ2n) is 7.80. The van der Waals surface area contributed by atoms with Crippen molar-refractivity contribution in [2.45, 2.75) is 71.1 Å². The Hall–Kier alpha value is -1.99. The number of nitrogens with one attached hydrogen (secondary N) is 1. The third-order valence-electron chi connectivity index (χ3n) is 4.55. The molecule has 26 heavy (non-hydrogen) atoms. The van der Waals surface area contributed by atoms with E-state index in [-0.39, 0.29) is 18.0 Å². The van der Waals surface area contributed by atoms with E-state index in [0.29, 0.717) is 45.5 Å². The minimum atomic E-state index is -0.583. The molecule has 2 fully saturated rings. The molecule has 1 atom stereocenters. The van der Waals surface area contributed by atoms with Crippen LogP contribution in [-0.2, 0) is 14.3 Å². The Bertz CT molecular complexity index is 523. The largest absolute Gasteiger partial charge is 0.450 e. The first kappa shape index (κ1) is 20.3. The lowest BCUT2D eigenvalue weighted by atomic mass is 10.0. The number of rotatable bonds is 3. The summed E-state index contributed by atoms with van der Waals surface area (Å²) in [6, 6.07) is -0.470. The van der Waals surface area contributed by atoms with Crippen LogP contribution in [0.2, 0.25) is 0 Å². The van der Waals surface area contributed by atoms with Gasteiger partial charge in [-0.15, -0.1) is 0 Å². The summed E-state index contributed by atoms with van der Waals surface area (Å²) in [6.45, 7) is 9.23. The minimum Gasteiger partial charge on any atom is -0.450 e. The van der Waals surface area contributed by atoms with Crippen molar-refractivity contribution in [3.05, 3.63) is 0 Å². The van der Waals surface area contributed by atoms with E-state index in [4.69, 9.17) is 9.47 Å². The number of hydrogen-bond acceptors (Lipinski definition) is 5. The van der Waals surface area contributed by atoms with Crippen LogP contribution in [0.3, 0.4) is 0 Å². The first-order valence-electron chi connectivity index (χ1n) is 9.43. The Morgan fingerprint density at radius 2 is 1.69 bits per heavy atom. The van der Waals surface area contributed by atoms with Crippen LogP contribution in [0.4, 0.5) is 9.59 Å². The van der Waals surface area contributed by atoms with Gasteiger partial charge in [-0.1, -0.05) is 0 Å². The average Bonchev–Trinajstić information content (AvgIpc) is 3.04. The highest BCUT2D eigenvalue weighted by atomic mass is 16.6. The normalized spacial score (nSPS) is 21.5. The fourth-order valence-electron chi connectivity index (χ4n) is 3.30. The van der Waals surface area contributed by atoms with E-state index in [1.54, 1.807) is 11.8 Å². The molecule has 2 heterocycles. The van der Waals surface area contributed by atoms with Gasteiger partial charge in [0.05, 0.1) is 6.61 Å². The highest BCUT2D eigenvalue weighted by molar-refractivity contribution is 5.86. The summed E-state index contributed by atoms with van der Waals surface area (Å²) in [5.41, 5.74) is -0.583. The predicted molar refractivity (Wildman–Crippen MR) is 95.7 cm³/mol. The van der Waals surface area contributed by atoms with E-state index in [1.807, 2.05) is 20.8 Å². The highest BCUT2D eigenvalue weighted by Crippen LogP contribution is 2.22. The molecular weight excluding hydrogens is 338 g/mol. The van der Waals surface area contributed by atoms with Crippen molar-refractivity contribution in [2.75, 3.05) is 26.2 Å². The average molecular weight is 369 g/mol. The van der Waals surface area contributed by atoms with Gasteiger partial charge in [0.25, 0.3) is 0 Å². The van der Waals surface area contributed by atoms with Crippen LogP contribution in [0, 0.1) is 0 Å². The monoisotopic (exact) mass is 369 g/mol. The quantitative estimate of drug-likeness (QED) is 0.823. The molecule has 0 aromatic rings. The second kappa shape index (κ2) is 8.60. The lowest BCUT2D eigenvalue weighted by molar-refractivity contribution is -0.126. The van der Waals surface area contributed by atoms with Crippen molar-refractivity contribution >= 4 is 18.1 Å². The van der Waals surface area contributed by atoms with Crippen molar-refractivity contribution < 1.29 is 23.9 Å². The molecule has 0 bridgehead atoms. The van der Waals surface area contributed by atoms with Crippen molar-refractivity contribution in [1.82, 2.24) is 15.1 Å². The number of nitrogens with zero attached hydrogens (tertiary/aromatic N) is 2. The van der Waals surface area contributed by atoms with Crippen LogP contribution in [0.15, 0.2) is 0 Å². The van der Waals surface area contributed by atoms with Crippen LogP contribution in [0.1, 0.15) is 53.4 Å². The maximum absolute atomic E-state index is 12.6. The summed E-state index contributed by atoms with van der Waals surface area (Å²) in [5, 5.41) is 3.03. The summed E-state index contributed by atoms with van der Waals surface area (Å²) in [7, 11) is 0. The molecule has 2 aliphatic rings. The third-order valence-corrected chi connectivity index (χ3v) is 4.55. The summed E-state index contributed by atoms with van der Waals surface area (Å²) in [4.78, 5) is 39.9. The molecule has 148 valence electrons. The van der Waals surface area contributed by atoms with Crippen molar-refractivity contribution in [3.63, 3.8) is 0 Å². The van der Waals surface area contributed by atoms with Gasteiger partial charge in [-0.2, -0.15) is 0 Å². The molecule has 2 rings (SSSR count). The molecule has 0 unspecified atom stereocenters. The zero-order valence-corrected chi connectivity index (χ0v) is 16.2. The molecular formula is C18H31N3O5. The molecule has 0 spiro atoms. The van der Waals surface area contributed by atoms with Crippen molar-refractivity contribution in [1.29, 1.82) is 0 Å². The van der Waals surface area contributed by atoms with Crippen LogP contribution in [-0.4, -0.2) is 71.8 Å². The number of carbonyl (C=O) groups excluding carboxylic acids is 3. The molecule has 0 radical (unpaired) electrons. The Labute approximate surface area is 155 Å². The van der Waals surface area contributed by atoms with E-state index in [9.17, 15) is 14.4 Å². The van der Waals surface area contributed by atoms with Crippen molar-refractivity contribution in [2.24, 2.45) is 0 Å². The van der Waals surface area contributed by atoms with Gasteiger partial charge < -0.3 is 19.7 Å². The zero-order chi connectivity index (χ0) is 19.3. The van der Waals surface area contributed by atoms with Crippen LogP contribution >= 0.6 is 0 Å². The molecule has 0 aromatic heterocycles. The standard InChI is InChI=1S/C18H31N3O5/c1-5-25-16(23)20-11-8-13(9-12-20)19-15(22)14-7-6-10-21(14)17(24)26-18(2,3)4/h13-14H,5-12H2,1-4H3,(H,19,22)/t14-/m0/s1. The molecule has 0 aliphatic carbocycles. The number of carbonyl (C=O) groups is 3. The number of amides is 3. The maximum atomic E-state index is 12.6. The predicted octanol–water partition coefficient (Wildman–Crippen LogP) is 2.12. The fourth-order valence-corrected chi connectivity index (χ4v) is 3.30. The molecule has 0 aromatic carbocycles. The minimum absolute atomic E-state index is 0.00858. The molecule has 1 N–H and O–H groups in total. The molecule has 2 saturated heterocycles. The topological polar surface area (TPSA) is 88.2 Å². The first-order chi connectivity index (χ1) is 12.2. The Morgan fingerprint density at radius 3 is 2.27 bits per heavy atom. The van der Waals surface area contributed by atoms with Gasteiger partial charge in [-0.25, -0.2) is 9.59 Å². The van der Waals surface area contributed by atoms with Crippen LogP contribution in [0.5, 0.6) is 0 Å². The van der Waals surface area contributed by atoms with Gasteiger partial charge in [-0.3, -0.25) is 9.69 Å². The SMILES string of the molecule is CCOC(=O)N1CCC(NC(=O)[C@@H]2CCCN2C(=O)OC(C)(C)C)CC1. The first-order valence-corrected chi connectivity index (χ1v) is 9.43. The Kier molecular flexibility index (Phi) is 6.72. The summed E-state index contributed by atoms with van der Waals surface area (Å²) in [6.07, 6.45) is 2.06. The Morgan fingerprint density at radius 1 is 1.04 bits per heavy atom. The highest BCUT2D eigenvalue weighted by Gasteiger charge is 2.37. The van der Waals surface area contributed by atoms with Gasteiger partial charge >= 0.3 is 12.2 Å². The zero-order valence-electron chi connectivity index (χ0n) is 16.2. The van der Waals surface area contributed by atoms with Gasteiger partial charge in [-0.05, 0) is 53.4 Å². The fraction of sp³-hybridized carbons (Fsp3) is 0.833. The number of ether oxygens (including phenoxy) is 2. The van der Waals surface area contributed by atoms with Crippen molar-refractivity contribution in [3.8, 4) is 0 Å². The summed E-state index contributed by atoms with van der Waals surface area (Å²) < 4.78 is 10.4. The second-order valence-corrected chi connectivity index (χ2v) is 7.80. The molecule has 3 amide bonds. The molecule has 2 aliphatic heterocycles. The van der Waals surface area contributed by atoms with Crippen LogP contribution in [0.25, 0.3) is 0 Å². The maximum Gasteiger partial charge on any atom is 0.410 e. The van der Waals surface area contributed by atoms with E-state index >= 15 is 0 Å². The third kappa shape index (κ3) is 5.51. The molecule has 8 heteroatoms. The number of likely N-dealkylation sites (tertiary alicyclic amines) is 2. The number of hydrogen-bond donors (Lipinski definition) is 1. The summed E-state index contributed by atoms with van der Waals surface area (Å²) in [5.74, 6) is -0.136. The molecule has 0 saturated carbocycles.